The molecule has 392 valence electrons. The molecule has 2 aliphatic heterocycles. The number of alkyl halides is 1. The number of rotatable bonds is 19. The first-order valence-electron chi connectivity index (χ1n) is 24.0. The molecule has 3 aromatic heterocycles. The molecule has 2 fully saturated rings. The number of hydrogen-bond donors (Lipinski definition) is 2. The van der Waals surface area contributed by atoms with Gasteiger partial charge in [0.25, 0.3) is 11.8 Å². The van der Waals surface area contributed by atoms with Crippen LogP contribution in [0.15, 0.2) is 151 Å². The molecular formula is C53H49BrN8O13S. The molecule has 0 bridgehead atoms. The van der Waals surface area contributed by atoms with Crippen LogP contribution in [0.1, 0.15) is 73.7 Å². The quantitative estimate of drug-likeness (QED) is 0.0517. The van der Waals surface area contributed by atoms with E-state index in [2.05, 4.69) is 46.5 Å². The molecule has 8 atom stereocenters. The van der Waals surface area contributed by atoms with Gasteiger partial charge in [0.05, 0.1) is 47.1 Å². The number of hydrogen-bond acceptors (Lipinski definition) is 17. The predicted molar refractivity (Wildman–Crippen MR) is 277 cm³/mol. The highest BCUT2D eigenvalue weighted by atomic mass is 79.9. The average molecular weight is 1120 g/mol. The van der Waals surface area contributed by atoms with E-state index >= 15 is 0 Å². The molecule has 2 N–H and O–H groups in total. The number of anilines is 2. The number of benzene rings is 4. The minimum atomic E-state index is -4.17. The third-order valence-electron chi connectivity index (χ3n) is 12.8. The molecule has 4 aromatic carbocycles. The zero-order valence-electron chi connectivity index (χ0n) is 40.5. The van der Waals surface area contributed by atoms with Crippen LogP contribution < -0.4 is 16.3 Å². The van der Waals surface area contributed by atoms with Crippen molar-refractivity contribution in [2.24, 2.45) is 11.8 Å². The monoisotopic (exact) mass is 1120 g/mol. The second-order valence-corrected chi connectivity index (χ2v) is 20.8. The first-order chi connectivity index (χ1) is 36.8. The van der Waals surface area contributed by atoms with Gasteiger partial charge in [-0.05, 0) is 67.4 Å². The molecule has 2 saturated heterocycles. The Kier molecular flexibility index (Phi) is 16.5. The van der Waals surface area contributed by atoms with E-state index in [0.29, 0.717) is 22.9 Å². The fourth-order valence-electron chi connectivity index (χ4n) is 9.19. The molecule has 0 aliphatic carbocycles. The summed E-state index contributed by atoms with van der Waals surface area (Å²) in [5, 5.41) is 5.73. The van der Waals surface area contributed by atoms with Crippen molar-refractivity contribution in [3.05, 3.63) is 179 Å². The van der Waals surface area contributed by atoms with Gasteiger partial charge in [0, 0.05) is 35.5 Å². The number of carbonyl (C=O) groups excluding carboxylic acids is 5. The van der Waals surface area contributed by atoms with Gasteiger partial charge in [0.2, 0.25) is 0 Å². The van der Waals surface area contributed by atoms with Crippen LogP contribution in [0.2, 0.25) is 0 Å². The number of nitrogens with one attached hydrogen (secondary N) is 2. The van der Waals surface area contributed by atoms with Crippen molar-refractivity contribution < 1.29 is 56.1 Å². The summed E-state index contributed by atoms with van der Waals surface area (Å²) >= 11 is 3.46. The smallest absolute Gasteiger partial charge is 0.351 e. The third kappa shape index (κ3) is 12.2. The number of ether oxygens (including phenoxy) is 5. The van der Waals surface area contributed by atoms with Gasteiger partial charge in [-0.3, -0.25) is 23.5 Å². The molecule has 2 amide bonds. The maximum absolute atomic E-state index is 14.6. The van der Waals surface area contributed by atoms with Gasteiger partial charge in [-0.25, -0.2) is 37.8 Å². The summed E-state index contributed by atoms with van der Waals surface area (Å²) in [4.78, 5) is 97.4. The minimum Gasteiger partial charge on any atom is -0.462 e. The van der Waals surface area contributed by atoms with Crippen molar-refractivity contribution >= 4 is 78.3 Å². The number of esters is 3. The fourth-order valence-corrected chi connectivity index (χ4v) is 11.4. The Morgan fingerprint density at radius 2 is 1.21 bits per heavy atom. The first kappa shape index (κ1) is 52.9. The van der Waals surface area contributed by atoms with Gasteiger partial charge < -0.3 is 34.3 Å². The zero-order valence-corrected chi connectivity index (χ0v) is 42.9. The van der Waals surface area contributed by atoms with Crippen molar-refractivity contribution in [3.63, 3.8) is 0 Å². The Labute approximate surface area is 443 Å². The summed E-state index contributed by atoms with van der Waals surface area (Å²) in [6, 6.07) is 34.2. The lowest BCUT2D eigenvalue weighted by atomic mass is 9.96. The van der Waals surface area contributed by atoms with Gasteiger partial charge in [0.1, 0.15) is 18.8 Å². The van der Waals surface area contributed by atoms with Crippen LogP contribution in [0.5, 0.6) is 0 Å². The number of halogens is 1. The number of fused-ring (bicyclic) bond motifs is 1. The van der Waals surface area contributed by atoms with Crippen LogP contribution in [-0.4, -0.2) is 115 Å². The lowest BCUT2D eigenvalue weighted by Crippen LogP contribution is -2.39. The molecular weight excluding hydrogens is 1070 g/mol. The standard InChI is InChI=1S/C53H49BrN8O13S/c1-32(63)72-44-38(39(22-25-54)73-50(44)62-31-57-42-45(55-30-56-46(42)62)60-48(65)34-16-8-3-9-17-34)29-76(69,70)27-24-40-37(28-71-51(66)35-18-10-4-11-19-35)43(75-52(67)36-20-12-5-13-21-36)49(74-40)61-26-23-41(59-53(61)68)58-47(64)33-14-6-2-7-15-33/h2-21,23,26,30-31,37-40,43-44,49-50H,22,24-25,27-29H2,1H3,(H,55,56,60,65)(H,58,59,64,68)/t37-,38-,39-,40-,43-,44-,49-,50-/m1/s1. The second kappa shape index (κ2) is 23.7. The predicted octanol–water partition coefficient (Wildman–Crippen LogP) is 6.22. The van der Waals surface area contributed by atoms with E-state index in [1.165, 1.54) is 48.5 Å². The number of carbonyl (C=O) groups is 5. The molecule has 2 aliphatic rings. The van der Waals surface area contributed by atoms with Crippen molar-refractivity contribution in [2.75, 3.05) is 34.1 Å². The Morgan fingerprint density at radius 3 is 1.80 bits per heavy atom. The number of nitrogens with zero attached hydrogens (tertiary/aromatic N) is 6. The lowest BCUT2D eigenvalue weighted by Gasteiger charge is -2.25. The topological polar surface area (TPSA) is 268 Å². The van der Waals surface area contributed by atoms with E-state index in [1.807, 2.05) is 0 Å². The Morgan fingerprint density at radius 1 is 0.658 bits per heavy atom. The van der Waals surface area contributed by atoms with Crippen LogP contribution in [0.3, 0.4) is 0 Å². The second-order valence-electron chi connectivity index (χ2n) is 17.8. The van der Waals surface area contributed by atoms with Gasteiger partial charge in [-0.1, -0.05) is 88.7 Å². The molecule has 0 radical (unpaired) electrons. The van der Waals surface area contributed by atoms with Crippen LogP contribution in [0.4, 0.5) is 11.6 Å². The summed E-state index contributed by atoms with van der Waals surface area (Å²) in [6.45, 7) is 0.746. The van der Waals surface area contributed by atoms with Crippen molar-refractivity contribution in [3.8, 4) is 0 Å². The number of aromatic nitrogens is 6. The number of imidazole rings is 1. The molecule has 9 rings (SSSR count). The highest BCUT2D eigenvalue weighted by Crippen LogP contribution is 2.42. The van der Waals surface area contributed by atoms with Crippen molar-refractivity contribution in [2.45, 2.75) is 56.6 Å². The average Bonchev–Trinajstić information content (AvgIpc) is 4.13. The maximum Gasteiger partial charge on any atom is 0.351 e. The van der Waals surface area contributed by atoms with E-state index in [4.69, 9.17) is 23.7 Å². The fraction of sp³-hybridized carbons (Fsp3) is 0.283. The van der Waals surface area contributed by atoms with Crippen LogP contribution >= 0.6 is 15.9 Å². The molecule has 0 spiro atoms. The highest BCUT2D eigenvalue weighted by Gasteiger charge is 2.52. The third-order valence-corrected chi connectivity index (χ3v) is 15.0. The summed E-state index contributed by atoms with van der Waals surface area (Å²) in [5.74, 6) is -6.32. The van der Waals surface area contributed by atoms with E-state index in [1.54, 1.807) is 109 Å². The molecule has 7 aromatic rings. The molecule has 76 heavy (non-hydrogen) atoms. The van der Waals surface area contributed by atoms with E-state index in [0.717, 1.165) is 4.57 Å². The molecule has 0 saturated carbocycles. The molecule has 0 unspecified atom stereocenters. The van der Waals surface area contributed by atoms with Crippen molar-refractivity contribution in [1.29, 1.82) is 0 Å². The lowest BCUT2D eigenvalue weighted by molar-refractivity contribution is -0.153. The highest BCUT2D eigenvalue weighted by molar-refractivity contribution is 9.09. The Hall–Kier alpha value is -7.99. The van der Waals surface area contributed by atoms with E-state index in [-0.39, 0.29) is 40.3 Å². The summed E-state index contributed by atoms with van der Waals surface area (Å²) in [5.41, 5.74) is 0.545. The molecule has 23 heteroatoms. The summed E-state index contributed by atoms with van der Waals surface area (Å²) in [6.07, 6.45) is -3.15. The largest absolute Gasteiger partial charge is 0.462 e. The van der Waals surface area contributed by atoms with Gasteiger partial charge in [-0.15, -0.1) is 0 Å². The number of sulfone groups is 1. The Bertz CT molecular complexity index is 3390. The van der Waals surface area contributed by atoms with Gasteiger partial charge >= 0.3 is 23.6 Å². The van der Waals surface area contributed by atoms with E-state index < -0.39 is 112 Å². The normalized spacial score (nSPS) is 21.1. The van der Waals surface area contributed by atoms with Crippen LogP contribution in [0.25, 0.3) is 11.2 Å². The molecule has 21 nitrogen and oxygen atoms in total. The van der Waals surface area contributed by atoms with Gasteiger partial charge in [0.15, 0.2) is 51.5 Å². The SMILES string of the molecule is CC(=O)O[C@@H]1[C@H](CS(=O)(=O)CC[C@H]2O[C@@H](n3ccc(NC(=O)c4ccccc4)nc3=O)[C@H](OC(=O)c3ccccc3)[C@@H]2COC(=O)c2ccccc2)[C@@H](CCBr)O[C@H]1n1cnc2c(NC(=O)c3ccccc3)ncnc21. The summed E-state index contributed by atoms with van der Waals surface area (Å²) < 4.78 is 62.7. The minimum absolute atomic E-state index is 0.0862. The van der Waals surface area contributed by atoms with Crippen LogP contribution in [-0.2, 0) is 38.3 Å². The maximum atomic E-state index is 14.6. The van der Waals surface area contributed by atoms with Gasteiger partial charge in [-0.2, -0.15) is 4.98 Å². The Balaban J connectivity index is 0.998. The first-order valence-corrected chi connectivity index (χ1v) is 26.9. The van der Waals surface area contributed by atoms with Crippen LogP contribution in [0, 0.1) is 11.8 Å². The summed E-state index contributed by atoms with van der Waals surface area (Å²) in [7, 11) is -4.17. The molecule has 5 heterocycles. The number of amides is 2. The van der Waals surface area contributed by atoms with Crippen molar-refractivity contribution in [1.82, 2.24) is 29.1 Å². The van der Waals surface area contributed by atoms with E-state index in [9.17, 15) is 37.2 Å². The zero-order chi connectivity index (χ0) is 53.3.